The molecule has 0 spiro atoms. The molecule has 0 aliphatic rings. The van der Waals surface area contributed by atoms with Crippen molar-refractivity contribution in [2.24, 2.45) is 5.92 Å². The third-order valence-electron chi connectivity index (χ3n) is 2.34. The molecule has 1 amide bonds. The topological polar surface area (TPSA) is 64.6 Å². The van der Waals surface area contributed by atoms with Gasteiger partial charge in [0.25, 0.3) is 0 Å². The number of amides is 1. The Kier molecular flexibility index (Phi) is 5.99. The molecular weight excluding hydrogens is 222 g/mol. The Balaban J connectivity index is 4.54. The number of hydrogen-bond donors (Lipinski definition) is 1. The van der Waals surface area contributed by atoms with Gasteiger partial charge in [-0.2, -0.15) is 0 Å². The summed E-state index contributed by atoms with van der Waals surface area (Å²) in [5.41, 5.74) is -0.583. The molecule has 0 saturated carbocycles. The Morgan fingerprint density at radius 3 is 2.18 bits per heavy atom. The van der Waals surface area contributed by atoms with Crippen molar-refractivity contribution >= 4 is 12.1 Å². The molecule has 0 heterocycles. The van der Waals surface area contributed by atoms with Crippen molar-refractivity contribution in [2.75, 3.05) is 7.11 Å². The zero-order valence-electron chi connectivity index (χ0n) is 11.5. The normalized spacial score (nSPS) is 14.7. The van der Waals surface area contributed by atoms with Crippen LogP contribution in [0.4, 0.5) is 4.79 Å². The lowest BCUT2D eigenvalue weighted by Gasteiger charge is -2.25. The smallest absolute Gasteiger partial charge is 0.408 e. The number of esters is 1. The molecule has 100 valence electrons. The van der Waals surface area contributed by atoms with Crippen LogP contribution < -0.4 is 5.32 Å². The highest BCUT2D eigenvalue weighted by molar-refractivity contribution is 5.81. The van der Waals surface area contributed by atoms with E-state index in [0.717, 1.165) is 6.42 Å². The highest BCUT2D eigenvalue weighted by Gasteiger charge is 2.28. The van der Waals surface area contributed by atoms with Gasteiger partial charge in [-0.25, -0.2) is 9.59 Å². The molecule has 2 atom stereocenters. The third-order valence-corrected chi connectivity index (χ3v) is 2.34. The van der Waals surface area contributed by atoms with Crippen molar-refractivity contribution in [3.05, 3.63) is 0 Å². The molecular formula is C12H23NO4. The van der Waals surface area contributed by atoms with Crippen LogP contribution in [0.2, 0.25) is 0 Å². The molecule has 0 aliphatic carbocycles. The fraction of sp³-hybridized carbons (Fsp3) is 0.833. The molecule has 1 N–H and O–H groups in total. The maximum absolute atomic E-state index is 11.6. The second-order valence-corrected chi connectivity index (χ2v) is 5.03. The number of ether oxygens (including phenoxy) is 2. The second kappa shape index (κ2) is 6.47. The van der Waals surface area contributed by atoms with Crippen molar-refractivity contribution in [1.29, 1.82) is 0 Å². The van der Waals surface area contributed by atoms with Crippen molar-refractivity contribution < 1.29 is 19.1 Å². The fourth-order valence-corrected chi connectivity index (χ4v) is 1.23. The highest BCUT2D eigenvalue weighted by Crippen LogP contribution is 2.11. The van der Waals surface area contributed by atoms with Gasteiger partial charge in [-0.3, -0.25) is 0 Å². The zero-order chi connectivity index (χ0) is 13.6. The lowest BCUT2D eigenvalue weighted by Crippen LogP contribution is -2.47. The van der Waals surface area contributed by atoms with Gasteiger partial charge in [0.1, 0.15) is 11.6 Å². The van der Waals surface area contributed by atoms with Crippen LogP contribution in [0, 0.1) is 5.92 Å². The van der Waals surface area contributed by atoms with Crippen molar-refractivity contribution in [3.8, 4) is 0 Å². The predicted molar refractivity (Wildman–Crippen MR) is 64.6 cm³/mol. The second-order valence-electron chi connectivity index (χ2n) is 5.03. The summed E-state index contributed by atoms with van der Waals surface area (Å²) in [5.74, 6) is -0.458. The predicted octanol–water partition coefficient (Wildman–Crippen LogP) is 2.10. The van der Waals surface area contributed by atoms with E-state index < -0.39 is 23.7 Å². The summed E-state index contributed by atoms with van der Waals surface area (Å²) in [5, 5.41) is 2.54. The van der Waals surface area contributed by atoms with E-state index in [-0.39, 0.29) is 5.92 Å². The molecule has 0 fully saturated rings. The lowest BCUT2D eigenvalue weighted by atomic mass is 9.99. The van der Waals surface area contributed by atoms with E-state index in [4.69, 9.17) is 4.74 Å². The van der Waals surface area contributed by atoms with Crippen molar-refractivity contribution in [3.63, 3.8) is 0 Å². The minimum absolute atomic E-state index is 0.00466. The van der Waals surface area contributed by atoms with E-state index >= 15 is 0 Å². The van der Waals surface area contributed by atoms with E-state index in [1.54, 1.807) is 20.8 Å². The number of nitrogens with one attached hydrogen (secondary N) is 1. The summed E-state index contributed by atoms with van der Waals surface area (Å²) in [6.07, 6.45) is 0.156. The molecule has 0 aromatic heterocycles. The van der Waals surface area contributed by atoms with E-state index in [0.29, 0.717) is 0 Å². The summed E-state index contributed by atoms with van der Waals surface area (Å²) in [6.45, 7) is 9.12. The summed E-state index contributed by atoms with van der Waals surface area (Å²) in [4.78, 5) is 23.1. The quantitative estimate of drug-likeness (QED) is 0.770. The van der Waals surface area contributed by atoms with Crippen LogP contribution in [-0.2, 0) is 14.3 Å². The van der Waals surface area contributed by atoms with Crippen LogP contribution >= 0.6 is 0 Å². The Morgan fingerprint density at radius 1 is 1.29 bits per heavy atom. The lowest BCUT2D eigenvalue weighted by molar-refractivity contribution is -0.144. The Labute approximate surface area is 103 Å². The molecule has 17 heavy (non-hydrogen) atoms. The van der Waals surface area contributed by atoms with Gasteiger partial charge in [-0.15, -0.1) is 0 Å². The highest BCUT2D eigenvalue weighted by atomic mass is 16.6. The molecule has 0 aromatic rings. The first kappa shape index (κ1) is 15.7. The first-order valence-electron chi connectivity index (χ1n) is 5.78. The van der Waals surface area contributed by atoms with Crippen LogP contribution in [0.25, 0.3) is 0 Å². The number of carbonyl (C=O) groups is 2. The summed E-state index contributed by atoms with van der Waals surface area (Å²) >= 11 is 0. The van der Waals surface area contributed by atoms with Crippen LogP contribution in [0.15, 0.2) is 0 Å². The Bertz CT molecular complexity index is 270. The minimum atomic E-state index is -0.667. The molecule has 0 bridgehead atoms. The van der Waals surface area contributed by atoms with Gasteiger partial charge in [0, 0.05) is 0 Å². The van der Waals surface area contributed by atoms with E-state index in [9.17, 15) is 9.59 Å². The van der Waals surface area contributed by atoms with Gasteiger partial charge >= 0.3 is 12.1 Å². The number of hydrogen-bond acceptors (Lipinski definition) is 4. The van der Waals surface area contributed by atoms with Gasteiger partial charge in [-0.1, -0.05) is 20.3 Å². The standard InChI is InChI=1S/C12H23NO4/c1-7-8(2)9(10(14)16-6)13-11(15)17-12(3,4)5/h8-9H,7H2,1-6H3,(H,13,15)/t8-,9+/m0/s1. The van der Waals surface area contributed by atoms with E-state index in [1.807, 2.05) is 13.8 Å². The van der Waals surface area contributed by atoms with Crippen LogP contribution in [0.1, 0.15) is 41.0 Å². The summed E-state index contributed by atoms with van der Waals surface area (Å²) < 4.78 is 9.76. The van der Waals surface area contributed by atoms with Gasteiger partial charge in [0.05, 0.1) is 7.11 Å². The average Bonchev–Trinajstić information content (AvgIpc) is 2.21. The SMILES string of the molecule is CC[C@H](C)[C@@H](NC(=O)OC(C)(C)C)C(=O)OC. The molecule has 0 radical (unpaired) electrons. The third kappa shape index (κ3) is 6.14. The van der Waals surface area contributed by atoms with E-state index in [2.05, 4.69) is 10.1 Å². The fourth-order valence-electron chi connectivity index (χ4n) is 1.23. The van der Waals surface area contributed by atoms with Crippen LogP contribution in [0.5, 0.6) is 0 Å². The summed E-state index contributed by atoms with van der Waals surface area (Å²) in [6, 6.07) is -0.667. The van der Waals surface area contributed by atoms with Crippen molar-refractivity contribution in [2.45, 2.75) is 52.7 Å². The Hall–Kier alpha value is -1.26. The average molecular weight is 245 g/mol. The summed E-state index contributed by atoms with van der Waals surface area (Å²) in [7, 11) is 1.30. The molecule has 0 saturated heterocycles. The van der Waals surface area contributed by atoms with Gasteiger partial charge in [0.2, 0.25) is 0 Å². The minimum Gasteiger partial charge on any atom is -0.467 e. The molecule has 0 aliphatic heterocycles. The first-order valence-corrected chi connectivity index (χ1v) is 5.78. The maximum atomic E-state index is 11.6. The Morgan fingerprint density at radius 2 is 1.82 bits per heavy atom. The maximum Gasteiger partial charge on any atom is 0.408 e. The molecule has 0 aromatic carbocycles. The van der Waals surface area contributed by atoms with Crippen LogP contribution in [0.3, 0.4) is 0 Å². The van der Waals surface area contributed by atoms with Gasteiger partial charge in [-0.05, 0) is 26.7 Å². The first-order chi connectivity index (χ1) is 7.71. The van der Waals surface area contributed by atoms with Crippen molar-refractivity contribution in [1.82, 2.24) is 5.32 Å². The molecule has 5 heteroatoms. The largest absolute Gasteiger partial charge is 0.467 e. The van der Waals surface area contributed by atoms with Gasteiger partial charge in [0.15, 0.2) is 0 Å². The number of methoxy groups -OCH3 is 1. The number of alkyl carbamates (subject to hydrolysis) is 1. The van der Waals surface area contributed by atoms with E-state index in [1.165, 1.54) is 7.11 Å². The zero-order valence-corrected chi connectivity index (χ0v) is 11.5. The molecule has 0 unspecified atom stereocenters. The number of rotatable bonds is 4. The molecule has 5 nitrogen and oxygen atoms in total. The van der Waals surface area contributed by atoms with Gasteiger partial charge < -0.3 is 14.8 Å². The monoisotopic (exact) mass is 245 g/mol. The van der Waals surface area contributed by atoms with Crippen LogP contribution in [-0.4, -0.2) is 30.8 Å². The number of carbonyl (C=O) groups excluding carboxylic acids is 2. The molecule has 0 rings (SSSR count).